The summed E-state index contributed by atoms with van der Waals surface area (Å²) in [5.74, 6) is -0.0297. The number of allylic oxidation sites excluding steroid dienone is 1. The largest absolute Gasteiger partial charge is 0.493 e. The molecule has 0 amide bonds. The van der Waals surface area contributed by atoms with Crippen LogP contribution in [0.2, 0.25) is 0 Å². The minimum atomic E-state index is -0.994. The number of hydrogen-bond donors (Lipinski definition) is 1. The van der Waals surface area contributed by atoms with Gasteiger partial charge in [-0.25, -0.2) is 4.79 Å². The second-order valence-corrected chi connectivity index (χ2v) is 3.17. The lowest BCUT2D eigenvalue weighted by Gasteiger charge is -2.12. The van der Waals surface area contributed by atoms with Gasteiger partial charge in [-0.05, 0) is 18.6 Å². The number of carboxylic acids is 1. The fourth-order valence-electron chi connectivity index (χ4n) is 1.47. The van der Waals surface area contributed by atoms with Crippen LogP contribution in [0.1, 0.15) is 15.9 Å². The molecule has 16 heavy (non-hydrogen) atoms. The second kappa shape index (κ2) is 5.21. The molecule has 4 nitrogen and oxygen atoms in total. The van der Waals surface area contributed by atoms with E-state index in [9.17, 15) is 4.79 Å². The Balaban J connectivity index is 3.36. The molecule has 1 rings (SSSR count). The van der Waals surface area contributed by atoms with E-state index < -0.39 is 5.97 Å². The molecule has 4 heteroatoms. The van der Waals surface area contributed by atoms with Crippen LogP contribution >= 0.6 is 0 Å². The lowest BCUT2D eigenvalue weighted by Crippen LogP contribution is -2.02. The number of carbonyl (C=O) groups is 1. The first-order valence-electron chi connectivity index (χ1n) is 4.73. The quantitative estimate of drug-likeness (QED) is 0.775. The summed E-state index contributed by atoms with van der Waals surface area (Å²) in [4.78, 5) is 10.9. The minimum absolute atomic E-state index is 0.175. The van der Waals surface area contributed by atoms with Crippen molar-refractivity contribution in [2.45, 2.75) is 6.42 Å². The lowest BCUT2D eigenvalue weighted by molar-refractivity contribution is 0.0696. The van der Waals surface area contributed by atoms with Crippen LogP contribution in [0.5, 0.6) is 11.5 Å². The molecule has 0 saturated carbocycles. The molecule has 0 aliphatic carbocycles. The molecule has 1 aromatic carbocycles. The number of methoxy groups -OCH3 is 2. The Hall–Kier alpha value is -1.97. The molecule has 0 atom stereocenters. The summed E-state index contributed by atoms with van der Waals surface area (Å²) in [6.07, 6.45) is 2.21. The van der Waals surface area contributed by atoms with E-state index in [0.717, 1.165) is 5.56 Å². The average Bonchev–Trinajstić information content (AvgIpc) is 2.28. The zero-order chi connectivity index (χ0) is 12.1. The summed E-state index contributed by atoms with van der Waals surface area (Å²) in [5.41, 5.74) is 0.920. The van der Waals surface area contributed by atoms with Crippen molar-refractivity contribution >= 4 is 5.97 Å². The Morgan fingerprint density at radius 1 is 1.44 bits per heavy atom. The van der Waals surface area contributed by atoms with E-state index >= 15 is 0 Å². The molecule has 0 fully saturated rings. The number of rotatable bonds is 5. The Kier molecular flexibility index (Phi) is 3.94. The summed E-state index contributed by atoms with van der Waals surface area (Å²) in [6, 6.07) is 3.00. The topological polar surface area (TPSA) is 55.8 Å². The van der Waals surface area contributed by atoms with E-state index in [1.807, 2.05) is 0 Å². The highest BCUT2D eigenvalue weighted by atomic mass is 16.5. The molecule has 0 saturated heterocycles. The first-order chi connectivity index (χ1) is 7.63. The molecule has 1 aromatic rings. The van der Waals surface area contributed by atoms with Gasteiger partial charge in [-0.2, -0.15) is 0 Å². The fraction of sp³-hybridized carbons (Fsp3) is 0.250. The molecule has 0 heterocycles. The van der Waals surface area contributed by atoms with Gasteiger partial charge in [0, 0.05) is 5.56 Å². The van der Waals surface area contributed by atoms with Gasteiger partial charge in [0.1, 0.15) is 0 Å². The van der Waals surface area contributed by atoms with Crippen molar-refractivity contribution in [3.05, 3.63) is 35.9 Å². The van der Waals surface area contributed by atoms with E-state index in [-0.39, 0.29) is 5.56 Å². The van der Waals surface area contributed by atoms with Gasteiger partial charge < -0.3 is 14.6 Å². The lowest BCUT2D eigenvalue weighted by atomic mass is 10.1. The monoisotopic (exact) mass is 222 g/mol. The molecule has 0 spiro atoms. The maximum atomic E-state index is 10.9. The molecule has 0 aliphatic heterocycles. The number of aromatic carboxylic acids is 1. The third kappa shape index (κ3) is 2.34. The van der Waals surface area contributed by atoms with Gasteiger partial charge in [0.05, 0.1) is 19.8 Å². The van der Waals surface area contributed by atoms with Crippen molar-refractivity contribution in [3.8, 4) is 11.5 Å². The van der Waals surface area contributed by atoms with Crippen LogP contribution < -0.4 is 9.47 Å². The van der Waals surface area contributed by atoms with Crippen LogP contribution in [0.3, 0.4) is 0 Å². The van der Waals surface area contributed by atoms with Crippen molar-refractivity contribution < 1.29 is 19.4 Å². The predicted octanol–water partition coefficient (Wildman–Crippen LogP) is 2.13. The number of benzene rings is 1. The van der Waals surface area contributed by atoms with E-state index in [1.54, 1.807) is 12.1 Å². The van der Waals surface area contributed by atoms with E-state index in [2.05, 4.69) is 6.58 Å². The highest BCUT2D eigenvalue weighted by molar-refractivity contribution is 5.89. The summed E-state index contributed by atoms with van der Waals surface area (Å²) in [6.45, 7) is 3.62. The second-order valence-electron chi connectivity index (χ2n) is 3.17. The highest BCUT2D eigenvalue weighted by Gasteiger charge is 2.14. The van der Waals surface area contributed by atoms with Crippen LogP contribution in [0.25, 0.3) is 0 Å². The predicted molar refractivity (Wildman–Crippen MR) is 60.4 cm³/mol. The normalized spacial score (nSPS) is 9.62. The van der Waals surface area contributed by atoms with Crippen molar-refractivity contribution in [2.75, 3.05) is 14.2 Å². The molecule has 0 aromatic heterocycles. The van der Waals surface area contributed by atoms with Gasteiger partial charge in [0.2, 0.25) is 0 Å². The van der Waals surface area contributed by atoms with Crippen LogP contribution in [0.15, 0.2) is 24.8 Å². The van der Waals surface area contributed by atoms with Crippen LogP contribution in [0, 0.1) is 0 Å². The first kappa shape index (κ1) is 12.1. The van der Waals surface area contributed by atoms with Gasteiger partial charge in [0.25, 0.3) is 0 Å². The summed E-state index contributed by atoms with van der Waals surface area (Å²) in [5, 5.41) is 8.94. The zero-order valence-corrected chi connectivity index (χ0v) is 9.32. The number of carboxylic acid groups (broad SMARTS) is 1. The average molecular weight is 222 g/mol. The van der Waals surface area contributed by atoms with Crippen LogP contribution in [0.4, 0.5) is 0 Å². The summed E-state index contributed by atoms with van der Waals surface area (Å²) in [7, 11) is 2.99. The van der Waals surface area contributed by atoms with Crippen LogP contribution in [-0.2, 0) is 6.42 Å². The summed E-state index contributed by atoms with van der Waals surface area (Å²) >= 11 is 0. The molecule has 1 N–H and O–H groups in total. The van der Waals surface area contributed by atoms with Gasteiger partial charge in [-0.15, -0.1) is 6.58 Å². The molecular weight excluding hydrogens is 208 g/mol. The van der Waals surface area contributed by atoms with Crippen molar-refractivity contribution in [1.29, 1.82) is 0 Å². The smallest absolute Gasteiger partial charge is 0.335 e. The van der Waals surface area contributed by atoms with Crippen molar-refractivity contribution in [2.24, 2.45) is 0 Å². The number of hydrogen-bond acceptors (Lipinski definition) is 3. The molecule has 86 valence electrons. The van der Waals surface area contributed by atoms with Gasteiger partial charge in [-0.3, -0.25) is 0 Å². The molecule has 0 aliphatic rings. The van der Waals surface area contributed by atoms with Gasteiger partial charge in [0.15, 0.2) is 11.5 Å². The maximum absolute atomic E-state index is 10.9. The maximum Gasteiger partial charge on any atom is 0.335 e. The van der Waals surface area contributed by atoms with Crippen molar-refractivity contribution in [3.63, 3.8) is 0 Å². The Morgan fingerprint density at radius 2 is 2.12 bits per heavy atom. The van der Waals surface area contributed by atoms with E-state index in [0.29, 0.717) is 17.9 Å². The molecule has 0 radical (unpaired) electrons. The molecule has 0 bridgehead atoms. The Morgan fingerprint density at radius 3 is 2.56 bits per heavy atom. The minimum Gasteiger partial charge on any atom is -0.493 e. The standard InChI is InChI=1S/C12H14O4/c1-4-5-8-6-9(12(13)14)7-10(15-2)11(8)16-3/h4,6-7H,1,5H2,2-3H3,(H,13,14). The SMILES string of the molecule is C=CCc1cc(C(=O)O)cc(OC)c1OC. The number of ether oxygens (including phenoxy) is 2. The fourth-order valence-corrected chi connectivity index (χ4v) is 1.47. The molecular formula is C12H14O4. The van der Waals surface area contributed by atoms with Gasteiger partial charge >= 0.3 is 5.97 Å². The Bertz CT molecular complexity index is 410. The van der Waals surface area contributed by atoms with Crippen molar-refractivity contribution in [1.82, 2.24) is 0 Å². The zero-order valence-electron chi connectivity index (χ0n) is 9.32. The first-order valence-corrected chi connectivity index (χ1v) is 4.73. The summed E-state index contributed by atoms with van der Waals surface area (Å²) < 4.78 is 10.3. The third-order valence-electron chi connectivity index (χ3n) is 2.17. The van der Waals surface area contributed by atoms with E-state index in [1.165, 1.54) is 20.3 Å². The van der Waals surface area contributed by atoms with E-state index in [4.69, 9.17) is 14.6 Å². The van der Waals surface area contributed by atoms with Crippen LogP contribution in [-0.4, -0.2) is 25.3 Å². The third-order valence-corrected chi connectivity index (χ3v) is 2.17. The molecule has 0 unspecified atom stereocenters. The highest BCUT2D eigenvalue weighted by Crippen LogP contribution is 2.33. The van der Waals surface area contributed by atoms with Gasteiger partial charge in [-0.1, -0.05) is 6.08 Å². The Labute approximate surface area is 94.1 Å².